The Kier molecular flexibility index (Phi) is 6.01. The van der Waals surface area contributed by atoms with Crippen LogP contribution in [0.5, 0.6) is 0 Å². The molecule has 1 unspecified atom stereocenters. The van der Waals surface area contributed by atoms with Crippen molar-refractivity contribution in [3.63, 3.8) is 0 Å². The zero-order valence-electron chi connectivity index (χ0n) is 13.5. The molecule has 0 heterocycles. The smallest absolute Gasteiger partial charge is 0.0323 e. The molecule has 2 aromatic rings. The van der Waals surface area contributed by atoms with Gasteiger partial charge in [-0.25, -0.2) is 0 Å². The summed E-state index contributed by atoms with van der Waals surface area (Å²) in [5.74, 6) is 0.601. The summed E-state index contributed by atoms with van der Waals surface area (Å²) >= 11 is 0. The van der Waals surface area contributed by atoms with Crippen LogP contribution in [0, 0.1) is 0 Å². The maximum absolute atomic E-state index is 3.70. The largest absolute Gasteiger partial charge is 0.306 e. The second kappa shape index (κ2) is 7.99. The van der Waals surface area contributed by atoms with E-state index in [1.54, 1.807) is 0 Å². The van der Waals surface area contributed by atoms with Crippen LogP contribution in [0.3, 0.4) is 0 Å². The molecule has 112 valence electrons. The predicted molar refractivity (Wildman–Crippen MR) is 91.5 cm³/mol. The first kappa shape index (κ1) is 15.8. The monoisotopic (exact) mass is 281 g/mol. The van der Waals surface area contributed by atoms with Crippen LogP contribution in [-0.4, -0.2) is 0 Å². The molecule has 1 nitrogen and oxygen atoms in total. The summed E-state index contributed by atoms with van der Waals surface area (Å²) in [5.41, 5.74) is 4.15. The van der Waals surface area contributed by atoms with Crippen LogP contribution in [0.2, 0.25) is 0 Å². The van der Waals surface area contributed by atoms with Gasteiger partial charge in [0.2, 0.25) is 0 Å². The Labute approximate surface area is 129 Å². The topological polar surface area (TPSA) is 12.0 Å². The molecule has 2 aromatic carbocycles. The van der Waals surface area contributed by atoms with E-state index in [0.29, 0.717) is 12.0 Å². The van der Waals surface area contributed by atoms with Gasteiger partial charge in [0.1, 0.15) is 0 Å². The van der Waals surface area contributed by atoms with E-state index in [2.05, 4.69) is 80.7 Å². The molecule has 0 aromatic heterocycles. The van der Waals surface area contributed by atoms with E-state index in [-0.39, 0.29) is 0 Å². The van der Waals surface area contributed by atoms with Gasteiger partial charge >= 0.3 is 0 Å². The molecule has 1 N–H and O–H groups in total. The summed E-state index contributed by atoms with van der Waals surface area (Å²) in [6.07, 6.45) is 2.37. The molecule has 0 aliphatic carbocycles. The van der Waals surface area contributed by atoms with Crippen LogP contribution >= 0.6 is 0 Å². The van der Waals surface area contributed by atoms with Crippen molar-refractivity contribution in [2.45, 2.75) is 52.1 Å². The fourth-order valence-electron chi connectivity index (χ4n) is 2.62. The van der Waals surface area contributed by atoms with E-state index in [1.807, 2.05) is 0 Å². The first-order chi connectivity index (χ1) is 10.2. The Bertz CT molecular complexity index is 513. The molecule has 0 radical (unpaired) electrons. The Morgan fingerprint density at radius 1 is 0.857 bits per heavy atom. The van der Waals surface area contributed by atoms with Gasteiger partial charge in [0, 0.05) is 12.6 Å². The molecular formula is C20H27N. The number of rotatable bonds is 7. The maximum Gasteiger partial charge on any atom is 0.0323 e. The molecule has 1 heteroatoms. The van der Waals surface area contributed by atoms with Gasteiger partial charge in [-0.2, -0.15) is 0 Å². The fraction of sp³-hybridized carbons (Fsp3) is 0.400. The molecule has 2 rings (SSSR count). The zero-order chi connectivity index (χ0) is 15.1. The van der Waals surface area contributed by atoms with Crippen LogP contribution in [0.25, 0.3) is 0 Å². The molecule has 0 amide bonds. The number of hydrogen-bond donors (Lipinski definition) is 1. The van der Waals surface area contributed by atoms with E-state index in [4.69, 9.17) is 0 Å². The Morgan fingerprint density at radius 2 is 1.52 bits per heavy atom. The van der Waals surface area contributed by atoms with Crippen molar-refractivity contribution in [2.75, 3.05) is 0 Å². The van der Waals surface area contributed by atoms with E-state index in [1.165, 1.54) is 29.5 Å². The molecule has 0 saturated carbocycles. The van der Waals surface area contributed by atoms with Crippen molar-refractivity contribution >= 4 is 0 Å². The number of hydrogen-bond acceptors (Lipinski definition) is 1. The zero-order valence-corrected chi connectivity index (χ0v) is 13.5. The average Bonchev–Trinajstić information content (AvgIpc) is 2.52. The molecular weight excluding hydrogens is 254 g/mol. The Morgan fingerprint density at radius 3 is 2.10 bits per heavy atom. The van der Waals surface area contributed by atoms with Crippen LogP contribution in [0.1, 0.15) is 62.3 Å². The van der Waals surface area contributed by atoms with Crippen molar-refractivity contribution in [3.8, 4) is 0 Å². The average molecular weight is 281 g/mol. The van der Waals surface area contributed by atoms with Crippen molar-refractivity contribution in [1.29, 1.82) is 0 Å². The van der Waals surface area contributed by atoms with Crippen molar-refractivity contribution < 1.29 is 0 Å². The van der Waals surface area contributed by atoms with Gasteiger partial charge in [-0.15, -0.1) is 0 Å². The first-order valence-corrected chi connectivity index (χ1v) is 8.08. The van der Waals surface area contributed by atoms with Gasteiger partial charge in [0.25, 0.3) is 0 Å². The van der Waals surface area contributed by atoms with Gasteiger partial charge in [0.15, 0.2) is 0 Å². The Hall–Kier alpha value is -1.60. The highest BCUT2D eigenvalue weighted by Crippen LogP contribution is 2.19. The Balaban J connectivity index is 1.98. The standard InChI is InChI=1S/C20H27N/c1-4-8-20(19-9-6-5-7-10-19)21-15-17-11-13-18(14-12-17)16(2)3/h5-7,9-14,16,20-21H,4,8,15H2,1-3H3. The molecule has 21 heavy (non-hydrogen) atoms. The molecule has 1 atom stereocenters. The van der Waals surface area contributed by atoms with Crippen LogP contribution in [0.15, 0.2) is 54.6 Å². The number of nitrogens with one attached hydrogen (secondary N) is 1. The van der Waals surface area contributed by atoms with Gasteiger partial charge in [-0.3, -0.25) is 0 Å². The van der Waals surface area contributed by atoms with Crippen LogP contribution in [0.4, 0.5) is 0 Å². The minimum absolute atomic E-state index is 0.445. The summed E-state index contributed by atoms with van der Waals surface area (Å²) in [5, 5.41) is 3.70. The minimum Gasteiger partial charge on any atom is -0.306 e. The van der Waals surface area contributed by atoms with Crippen LogP contribution < -0.4 is 5.32 Å². The summed E-state index contributed by atoms with van der Waals surface area (Å²) in [6.45, 7) is 7.65. The van der Waals surface area contributed by atoms with E-state index in [0.717, 1.165) is 6.54 Å². The van der Waals surface area contributed by atoms with Crippen molar-refractivity contribution in [2.24, 2.45) is 0 Å². The van der Waals surface area contributed by atoms with Crippen LogP contribution in [-0.2, 0) is 6.54 Å². The number of benzene rings is 2. The lowest BCUT2D eigenvalue weighted by atomic mass is 10.0. The van der Waals surface area contributed by atoms with Gasteiger partial charge in [-0.1, -0.05) is 81.8 Å². The van der Waals surface area contributed by atoms with E-state index < -0.39 is 0 Å². The van der Waals surface area contributed by atoms with E-state index in [9.17, 15) is 0 Å². The fourth-order valence-corrected chi connectivity index (χ4v) is 2.62. The highest BCUT2D eigenvalue weighted by molar-refractivity contribution is 5.25. The summed E-state index contributed by atoms with van der Waals surface area (Å²) < 4.78 is 0. The molecule has 0 bridgehead atoms. The molecule has 0 aliphatic rings. The lowest BCUT2D eigenvalue weighted by Gasteiger charge is -2.19. The second-order valence-corrected chi connectivity index (χ2v) is 6.03. The molecule has 0 saturated heterocycles. The predicted octanol–water partition coefficient (Wildman–Crippen LogP) is 5.44. The minimum atomic E-state index is 0.445. The van der Waals surface area contributed by atoms with Crippen molar-refractivity contribution in [3.05, 3.63) is 71.3 Å². The first-order valence-electron chi connectivity index (χ1n) is 8.08. The quantitative estimate of drug-likeness (QED) is 0.712. The lowest BCUT2D eigenvalue weighted by molar-refractivity contribution is 0.493. The highest BCUT2D eigenvalue weighted by atomic mass is 14.9. The molecule has 0 aliphatic heterocycles. The second-order valence-electron chi connectivity index (χ2n) is 6.03. The third kappa shape index (κ3) is 4.71. The lowest BCUT2D eigenvalue weighted by Crippen LogP contribution is -2.20. The maximum atomic E-state index is 3.70. The third-order valence-corrected chi connectivity index (χ3v) is 3.98. The molecule has 0 spiro atoms. The van der Waals surface area contributed by atoms with Gasteiger partial charge in [-0.05, 0) is 29.0 Å². The van der Waals surface area contributed by atoms with Gasteiger partial charge < -0.3 is 5.32 Å². The SMILES string of the molecule is CCCC(NCc1ccc(C(C)C)cc1)c1ccccc1. The molecule has 0 fully saturated rings. The summed E-state index contributed by atoms with van der Waals surface area (Å²) in [7, 11) is 0. The summed E-state index contributed by atoms with van der Waals surface area (Å²) in [4.78, 5) is 0. The van der Waals surface area contributed by atoms with Gasteiger partial charge in [0.05, 0.1) is 0 Å². The third-order valence-electron chi connectivity index (χ3n) is 3.98. The van der Waals surface area contributed by atoms with Crippen molar-refractivity contribution in [1.82, 2.24) is 5.32 Å². The normalized spacial score (nSPS) is 12.6. The summed E-state index contributed by atoms with van der Waals surface area (Å²) in [6, 6.07) is 20.2. The highest BCUT2D eigenvalue weighted by Gasteiger charge is 2.09. The van der Waals surface area contributed by atoms with E-state index >= 15 is 0 Å².